The Balaban J connectivity index is 1.98. The number of H-pyrrole nitrogens is 1. The van der Waals surface area contributed by atoms with Crippen molar-refractivity contribution < 1.29 is 9.90 Å². The minimum absolute atomic E-state index is 0.138. The number of hydrogen-bond donors (Lipinski definition) is 2. The molecule has 2 heterocycles. The Bertz CT molecular complexity index is 1030. The van der Waals surface area contributed by atoms with E-state index in [-0.39, 0.29) is 17.2 Å². The molecule has 134 valence electrons. The molecule has 4 rings (SSSR count). The van der Waals surface area contributed by atoms with Crippen LogP contribution in [0.5, 0.6) is 0 Å². The molecule has 1 saturated carbocycles. The number of hydrogen-bond acceptors (Lipinski definition) is 3. The highest BCUT2D eigenvalue weighted by Crippen LogP contribution is 2.36. The van der Waals surface area contributed by atoms with Gasteiger partial charge in [-0.2, -0.15) is 9.61 Å². The predicted molar refractivity (Wildman–Crippen MR) is 102 cm³/mol. The molecule has 0 bridgehead atoms. The van der Waals surface area contributed by atoms with E-state index < -0.39 is 5.97 Å². The van der Waals surface area contributed by atoms with Gasteiger partial charge in [-0.1, -0.05) is 47.3 Å². The van der Waals surface area contributed by atoms with Gasteiger partial charge in [0, 0.05) is 16.1 Å². The van der Waals surface area contributed by atoms with Crippen LogP contribution in [0.1, 0.15) is 54.1 Å². The van der Waals surface area contributed by atoms with Crippen LogP contribution in [-0.4, -0.2) is 25.7 Å². The number of nitrogens with zero attached hydrogens (tertiary/aromatic N) is 2. The lowest BCUT2D eigenvalue weighted by Crippen LogP contribution is -2.25. The van der Waals surface area contributed by atoms with Crippen LogP contribution in [0.4, 0.5) is 0 Å². The predicted octanol–water partition coefficient (Wildman–Crippen LogP) is 4.20. The Morgan fingerprint density at radius 2 is 1.88 bits per heavy atom. The summed E-state index contributed by atoms with van der Waals surface area (Å²) in [5.74, 6) is -0.987. The molecule has 0 aliphatic heterocycles. The van der Waals surface area contributed by atoms with Gasteiger partial charge in [0.05, 0.1) is 5.69 Å². The first-order valence-electron chi connectivity index (χ1n) is 8.70. The maximum atomic E-state index is 13.2. The van der Waals surface area contributed by atoms with E-state index in [1.165, 1.54) is 17.0 Å². The average molecular weight is 416 g/mol. The van der Waals surface area contributed by atoms with Crippen LogP contribution < -0.4 is 5.56 Å². The summed E-state index contributed by atoms with van der Waals surface area (Å²) in [7, 11) is 0. The van der Waals surface area contributed by atoms with Crippen LogP contribution in [0, 0.1) is 0 Å². The van der Waals surface area contributed by atoms with Gasteiger partial charge in [-0.3, -0.25) is 4.79 Å². The van der Waals surface area contributed by atoms with Gasteiger partial charge in [-0.15, -0.1) is 0 Å². The van der Waals surface area contributed by atoms with Crippen molar-refractivity contribution in [1.82, 2.24) is 14.6 Å². The molecule has 6 nitrogen and oxygen atoms in total. The summed E-state index contributed by atoms with van der Waals surface area (Å²) in [6.45, 7) is 0. The van der Waals surface area contributed by atoms with Gasteiger partial charge in [-0.25, -0.2) is 4.79 Å². The second-order valence-corrected chi connectivity index (χ2v) is 7.61. The zero-order valence-electron chi connectivity index (χ0n) is 14.0. The van der Waals surface area contributed by atoms with E-state index in [1.807, 2.05) is 24.3 Å². The molecule has 0 saturated heterocycles. The van der Waals surface area contributed by atoms with Crippen molar-refractivity contribution >= 4 is 27.5 Å². The second kappa shape index (κ2) is 6.72. The molecule has 0 spiro atoms. The molecule has 3 aromatic rings. The fourth-order valence-electron chi connectivity index (χ4n) is 3.76. The molecule has 1 fully saturated rings. The molecule has 0 atom stereocenters. The van der Waals surface area contributed by atoms with E-state index in [1.54, 1.807) is 0 Å². The van der Waals surface area contributed by atoms with E-state index in [2.05, 4.69) is 26.0 Å². The van der Waals surface area contributed by atoms with Gasteiger partial charge < -0.3 is 10.1 Å². The fourth-order valence-corrected chi connectivity index (χ4v) is 4.02. The fraction of sp³-hybridized carbons (Fsp3) is 0.316. The smallest absolute Gasteiger partial charge is 0.356 e. The summed E-state index contributed by atoms with van der Waals surface area (Å²) in [5.41, 5.74) is 2.41. The van der Waals surface area contributed by atoms with Crippen molar-refractivity contribution in [3.63, 3.8) is 0 Å². The number of aromatic carboxylic acids is 1. The zero-order chi connectivity index (χ0) is 18.3. The van der Waals surface area contributed by atoms with Gasteiger partial charge in [0.25, 0.3) is 5.56 Å². The lowest BCUT2D eigenvalue weighted by atomic mass is 9.83. The van der Waals surface area contributed by atoms with Crippen molar-refractivity contribution in [2.24, 2.45) is 0 Å². The van der Waals surface area contributed by atoms with E-state index in [4.69, 9.17) is 0 Å². The Labute approximate surface area is 158 Å². The maximum absolute atomic E-state index is 13.2. The second-order valence-electron chi connectivity index (χ2n) is 6.69. The molecule has 7 heteroatoms. The van der Waals surface area contributed by atoms with Gasteiger partial charge in [0.2, 0.25) is 0 Å². The number of carboxylic acids is 1. The molecule has 1 aliphatic carbocycles. The minimum atomic E-state index is -1.15. The van der Waals surface area contributed by atoms with Crippen molar-refractivity contribution in [2.75, 3.05) is 0 Å². The van der Waals surface area contributed by atoms with Crippen LogP contribution in [0.3, 0.4) is 0 Å². The van der Waals surface area contributed by atoms with Crippen LogP contribution in [-0.2, 0) is 0 Å². The van der Waals surface area contributed by atoms with Crippen LogP contribution >= 0.6 is 15.9 Å². The highest BCUT2D eigenvalue weighted by Gasteiger charge is 2.25. The summed E-state index contributed by atoms with van der Waals surface area (Å²) in [6.07, 6.45) is 5.31. The first-order chi connectivity index (χ1) is 12.5. The number of carbonyl (C=O) groups is 1. The quantitative estimate of drug-likeness (QED) is 0.670. The van der Waals surface area contributed by atoms with Crippen molar-refractivity contribution in [2.45, 2.75) is 38.0 Å². The summed E-state index contributed by atoms with van der Waals surface area (Å²) in [4.78, 5) is 27.7. The number of aromatic amines is 1. The lowest BCUT2D eigenvalue weighted by Gasteiger charge is -2.23. The number of carboxylic acid groups (broad SMARTS) is 1. The lowest BCUT2D eigenvalue weighted by molar-refractivity contribution is 0.0690. The van der Waals surface area contributed by atoms with Crippen LogP contribution in [0.2, 0.25) is 0 Å². The van der Waals surface area contributed by atoms with Gasteiger partial charge in [0.1, 0.15) is 5.65 Å². The molecular weight excluding hydrogens is 398 g/mol. The molecular formula is C19H18BrN3O3. The molecule has 2 N–H and O–H groups in total. The summed E-state index contributed by atoms with van der Waals surface area (Å²) >= 11 is 3.44. The maximum Gasteiger partial charge on any atom is 0.356 e. The number of nitrogens with one attached hydrogen (secondary N) is 1. The summed E-state index contributed by atoms with van der Waals surface area (Å²) < 4.78 is 2.15. The summed E-state index contributed by atoms with van der Waals surface area (Å²) in [5, 5.41) is 13.2. The van der Waals surface area contributed by atoms with Crippen molar-refractivity contribution in [3.05, 3.63) is 56.4 Å². The standard InChI is InChI=1S/C19H18BrN3O3/c20-13-8-6-12(7-9-13)17-16(11-4-2-1-3-5-11)18(24)23-15(21-17)10-14(22-23)19(25)26/h6-11,21H,1-5H2,(H,25,26). The third-order valence-electron chi connectivity index (χ3n) is 5.02. The average Bonchev–Trinajstić information content (AvgIpc) is 3.08. The van der Waals surface area contributed by atoms with Crippen molar-refractivity contribution in [1.29, 1.82) is 0 Å². The van der Waals surface area contributed by atoms with E-state index in [0.717, 1.165) is 41.4 Å². The molecule has 0 amide bonds. The largest absolute Gasteiger partial charge is 0.476 e. The van der Waals surface area contributed by atoms with Crippen LogP contribution in [0.25, 0.3) is 16.9 Å². The first kappa shape index (κ1) is 17.0. The van der Waals surface area contributed by atoms with E-state index in [0.29, 0.717) is 11.2 Å². The third kappa shape index (κ3) is 2.96. The van der Waals surface area contributed by atoms with Crippen molar-refractivity contribution in [3.8, 4) is 11.3 Å². The van der Waals surface area contributed by atoms with Gasteiger partial charge >= 0.3 is 5.97 Å². The molecule has 1 aliphatic rings. The highest BCUT2D eigenvalue weighted by atomic mass is 79.9. The minimum Gasteiger partial charge on any atom is -0.476 e. The molecule has 0 unspecified atom stereocenters. The number of halogens is 1. The number of benzene rings is 1. The Morgan fingerprint density at radius 3 is 2.54 bits per heavy atom. The normalized spacial score (nSPS) is 15.4. The molecule has 26 heavy (non-hydrogen) atoms. The molecule has 2 aromatic heterocycles. The highest BCUT2D eigenvalue weighted by molar-refractivity contribution is 9.10. The van der Waals surface area contributed by atoms with Crippen LogP contribution in [0.15, 0.2) is 39.6 Å². The Morgan fingerprint density at radius 1 is 1.19 bits per heavy atom. The van der Waals surface area contributed by atoms with Gasteiger partial charge in [-0.05, 0) is 36.5 Å². The molecule has 1 aromatic carbocycles. The number of fused-ring (bicyclic) bond motifs is 1. The Kier molecular flexibility index (Phi) is 4.40. The number of rotatable bonds is 3. The zero-order valence-corrected chi connectivity index (χ0v) is 15.6. The SMILES string of the molecule is O=C(O)c1cc2[nH]c(-c3ccc(Br)cc3)c(C3CCCCC3)c(=O)n2n1. The van der Waals surface area contributed by atoms with Gasteiger partial charge in [0.15, 0.2) is 5.69 Å². The first-order valence-corrected chi connectivity index (χ1v) is 9.49. The number of aromatic nitrogens is 3. The van der Waals surface area contributed by atoms with E-state index in [9.17, 15) is 14.7 Å². The monoisotopic (exact) mass is 415 g/mol. The third-order valence-corrected chi connectivity index (χ3v) is 5.55. The topological polar surface area (TPSA) is 87.5 Å². The van der Waals surface area contributed by atoms with E-state index >= 15 is 0 Å². The Hall–Kier alpha value is -2.41. The molecule has 0 radical (unpaired) electrons. The summed E-state index contributed by atoms with van der Waals surface area (Å²) in [6, 6.07) is 9.17.